The van der Waals surface area contributed by atoms with Crippen molar-refractivity contribution < 1.29 is 19.4 Å². The highest BCUT2D eigenvalue weighted by atomic mass is 16.5. The first kappa shape index (κ1) is 12.8. The molecular weight excluding hydrogens is 220 g/mol. The molecule has 0 heterocycles. The summed E-state index contributed by atoms with van der Waals surface area (Å²) >= 11 is 0. The molecular formula is C13H12O4. The third-order valence-corrected chi connectivity index (χ3v) is 1.91. The van der Waals surface area contributed by atoms with Gasteiger partial charge in [-0.15, -0.1) is 0 Å². The predicted octanol–water partition coefficient (Wildman–Crippen LogP) is 1.72. The smallest absolute Gasteiger partial charge is 0.382 e. The highest BCUT2D eigenvalue weighted by Crippen LogP contribution is 2.18. The number of hydrogen-bond donors (Lipinski definition) is 1. The van der Waals surface area contributed by atoms with Gasteiger partial charge < -0.3 is 9.84 Å². The van der Waals surface area contributed by atoms with Crippen molar-refractivity contribution in [3.63, 3.8) is 0 Å². The van der Waals surface area contributed by atoms with Gasteiger partial charge in [-0.05, 0) is 24.6 Å². The topological polar surface area (TPSA) is 63.6 Å². The van der Waals surface area contributed by atoms with Crippen LogP contribution in [0.4, 0.5) is 0 Å². The van der Waals surface area contributed by atoms with Gasteiger partial charge in [0, 0.05) is 11.5 Å². The minimum Gasteiger partial charge on any atom is -0.493 e. The summed E-state index contributed by atoms with van der Waals surface area (Å²) in [6.45, 7) is 2.49. The van der Waals surface area contributed by atoms with Gasteiger partial charge in [0.25, 0.3) is 0 Å². The minimum absolute atomic E-state index is 0.371. The van der Waals surface area contributed by atoms with Crippen molar-refractivity contribution in [1.82, 2.24) is 0 Å². The largest absolute Gasteiger partial charge is 0.493 e. The molecule has 0 radical (unpaired) electrons. The van der Waals surface area contributed by atoms with Gasteiger partial charge in [0.05, 0.1) is 12.2 Å². The fourth-order valence-corrected chi connectivity index (χ4v) is 1.19. The molecule has 0 fully saturated rings. The van der Waals surface area contributed by atoms with E-state index in [2.05, 4.69) is 5.92 Å². The van der Waals surface area contributed by atoms with Crippen molar-refractivity contribution in [3.05, 3.63) is 29.3 Å². The average Bonchev–Trinajstić information content (AvgIpc) is 2.34. The number of carboxylic acid groups (broad SMARTS) is 1. The van der Waals surface area contributed by atoms with Gasteiger partial charge in [-0.3, -0.25) is 4.79 Å². The number of carbonyl (C=O) groups is 2. The second kappa shape index (κ2) is 6.33. The zero-order valence-corrected chi connectivity index (χ0v) is 9.40. The highest BCUT2D eigenvalue weighted by molar-refractivity contribution is 5.87. The summed E-state index contributed by atoms with van der Waals surface area (Å²) in [5.41, 5.74) is 0.842. The summed E-state index contributed by atoms with van der Waals surface area (Å²) in [5.74, 6) is 3.71. The summed E-state index contributed by atoms with van der Waals surface area (Å²) < 4.78 is 5.36. The molecule has 0 saturated heterocycles. The Balaban J connectivity index is 2.97. The number of aliphatic carboxylic acids is 1. The second-order valence-electron chi connectivity index (χ2n) is 3.27. The van der Waals surface area contributed by atoms with E-state index in [4.69, 9.17) is 9.84 Å². The highest BCUT2D eigenvalue weighted by Gasteiger charge is 2.03. The van der Waals surface area contributed by atoms with Crippen molar-refractivity contribution in [2.75, 3.05) is 6.61 Å². The first-order valence-corrected chi connectivity index (χ1v) is 5.14. The molecule has 1 aromatic rings. The lowest BCUT2D eigenvalue weighted by atomic mass is 10.1. The Morgan fingerprint density at radius 3 is 2.88 bits per heavy atom. The molecule has 0 aliphatic heterocycles. The average molecular weight is 232 g/mol. The van der Waals surface area contributed by atoms with Crippen LogP contribution in [-0.2, 0) is 4.79 Å². The number of aldehydes is 1. The molecule has 0 aliphatic rings. The Morgan fingerprint density at radius 2 is 2.29 bits per heavy atom. The SMILES string of the molecule is CCCOc1ccc(C#CC(=O)O)cc1C=O. The Morgan fingerprint density at radius 1 is 1.53 bits per heavy atom. The molecule has 17 heavy (non-hydrogen) atoms. The maximum atomic E-state index is 10.8. The Bertz CT molecular complexity index is 480. The van der Waals surface area contributed by atoms with Crippen molar-refractivity contribution >= 4 is 12.3 Å². The monoisotopic (exact) mass is 232 g/mol. The van der Waals surface area contributed by atoms with Crippen LogP contribution >= 0.6 is 0 Å². The van der Waals surface area contributed by atoms with E-state index in [1.165, 1.54) is 6.07 Å². The van der Waals surface area contributed by atoms with Gasteiger partial charge in [-0.2, -0.15) is 0 Å². The lowest BCUT2D eigenvalue weighted by molar-refractivity contribution is -0.130. The number of carbonyl (C=O) groups excluding carboxylic acids is 1. The van der Waals surface area contributed by atoms with Crippen LogP contribution in [0.5, 0.6) is 5.75 Å². The van der Waals surface area contributed by atoms with E-state index in [1.54, 1.807) is 12.1 Å². The van der Waals surface area contributed by atoms with Gasteiger partial charge in [0.1, 0.15) is 5.75 Å². The van der Waals surface area contributed by atoms with Gasteiger partial charge in [-0.25, -0.2) is 4.79 Å². The first-order valence-electron chi connectivity index (χ1n) is 5.14. The standard InChI is InChI=1S/C13H12O4/c1-2-7-17-12-5-3-10(4-6-13(15)16)8-11(12)9-14/h3,5,8-9H,2,7H2,1H3,(H,15,16). The number of rotatable bonds is 4. The summed E-state index contributed by atoms with van der Waals surface area (Å²) in [6, 6.07) is 4.74. The normalized spacial score (nSPS) is 9.00. The molecule has 88 valence electrons. The number of carboxylic acids is 1. The molecule has 1 N–H and O–H groups in total. The van der Waals surface area contributed by atoms with Gasteiger partial charge in [0.2, 0.25) is 0 Å². The van der Waals surface area contributed by atoms with E-state index < -0.39 is 5.97 Å². The molecule has 0 aliphatic carbocycles. The fourth-order valence-electron chi connectivity index (χ4n) is 1.19. The quantitative estimate of drug-likeness (QED) is 0.634. The van der Waals surface area contributed by atoms with Crippen molar-refractivity contribution in [2.45, 2.75) is 13.3 Å². The van der Waals surface area contributed by atoms with Crippen LogP contribution in [-0.4, -0.2) is 24.0 Å². The van der Waals surface area contributed by atoms with Crippen LogP contribution in [0.15, 0.2) is 18.2 Å². The third-order valence-electron chi connectivity index (χ3n) is 1.91. The Labute approximate surface area is 99.2 Å². The van der Waals surface area contributed by atoms with Gasteiger partial charge >= 0.3 is 5.97 Å². The lowest BCUT2D eigenvalue weighted by Gasteiger charge is -2.06. The van der Waals surface area contributed by atoms with Crippen LogP contribution in [0, 0.1) is 11.8 Å². The van der Waals surface area contributed by atoms with Crippen LogP contribution in [0.25, 0.3) is 0 Å². The fraction of sp³-hybridized carbons (Fsp3) is 0.231. The van der Waals surface area contributed by atoms with E-state index in [1.807, 2.05) is 12.8 Å². The van der Waals surface area contributed by atoms with Gasteiger partial charge in [-0.1, -0.05) is 12.8 Å². The van der Waals surface area contributed by atoms with E-state index in [0.717, 1.165) is 6.42 Å². The molecule has 0 saturated carbocycles. The minimum atomic E-state index is -1.20. The summed E-state index contributed by atoms with van der Waals surface area (Å²) in [6.07, 6.45) is 1.51. The van der Waals surface area contributed by atoms with E-state index >= 15 is 0 Å². The molecule has 0 amide bonds. The molecule has 0 atom stereocenters. The number of hydrogen-bond acceptors (Lipinski definition) is 3. The van der Waals surface area contributed by atoms with Crippen LogP contribution in [0.2, 0.25) is 0 Å². The maximum absolute atomic E-state index is 10.8. The zero-order chi connectivity index (χ0) is 12.7. The van der Waals surface area contributed by atoms with Crippen molar-refractivity contribution in [3.8, 4) is 17.6 Å². The van der Waals surface area contributed by atoms with Crippen LogP contribution < -0.4 is 4.74 Å². The summed E-state index contributed by atoms with van der Waals surface area (Å²) in [7, 11) is 0. The lowest BCUT2D eigenvalue weighted by Crippen LogP contribution is -1.98. The summed E-state index contributed by atoms with van der Waals surface area (Å²) in [4.78, 5) is 21.1. The van der Waals surface area contributed by atoms with E-state index in [0.29, 0.717) is 29.8 Å². The first-order chi connectivity index (χ1) is 8.17. The molecule has 1 aromatic carbocycles. The molecule has 4 heteroatoms. The zero-order valence-electron chi connectivity index (χ0n) is 9.40. The van der Waals surface area contributed by atoms with E-state index in [-0.39, 0.29) is 0 Å². The molecule has 1 rings (SSSR count). The van der Waals surface area contributed by atoms with Crippen LogP contribution in [0.1, 0.15) is 29.3 Å². The number of ether oxygens (including phenoxy) is 1. The Kier molecular flexibility index (Phi) is 4.77. The van der Waals surface area contributed by atoms with Crippen LogP contribution in [0.3, 0.4) is 0 Å². The predicted molar refractivity (Wildman–Crippen MR) is 62.1 cm³/mol. The molecule has 0 bridgehead atoms. The Hall–Kier alpha value is -2.28. The molecule has 0 aromatic heterocycles. The van der Waals surface area contributed by atoms with Gasteiger partial charge in [0.15, 0.2) is 6.29 Å². The van der Waals surface area contributed by atoms with Crippen molar-refractivity contribution in [1.29, 1.82) is 0 Å². The molecule has 4 nitrogen and oxygen atoms in total. The number of benzene rings is 1. The third kappa shape index (κ3) is 3.99. The van der Waals surface area contributed by atoms with Crippen molar-refractivity contribution in [2.24, 2.45) is 0 Å². The maximum Gasteiger partial charge on any atom is 0.382 e. The molecule has 0 unspecified atom stereocenters. The molecule has 0 spiro atoms. The summed E-state index contributed by atoms with van der Waals surface area (Å²) in [5, 5.41) is 8.40. The van der Waals surface area contributed by atoms with E-state index in [9.17, 15) is 9.59 Å². The second-order valence-corrected chi connectivity index (χ2v) is 3.27.